The van der Waals surface area contributed by atoms with E-state index in [1.807, 2.05) is 0 Å². The number of benzene rings is 1. The minimum Gasteiger partial charge on any atom is -0.103 e. The molecule has 0 N–H and O–H groups in total. The Labute approximate surface area is 101 Å². The van der Waals surface area contributed by atoms with E-state index in [9.17, 15) is 0 Å². The van der Waals surface area contributed by atoms with Gasteiger partial charge in [-0.2, -0.15) is 0 Å². The molecule has 1 aromatic carbocycles. The van der Waals surface area contributed by atoms with Crippen molar-refractivity contribution in [2.45, 2.75) is 38.0 Å². The lowest BCUT2D eigenvalue weighted by atomic mass is 9.78. The summed E-state index contributed by atoms with van der Waals surface area (Å²) in [4.78, 5) is 0. The van der Waals surface area contributed by atoms with E-state index in [1.165, 1.54) is 37.7 Å². The van der Waals surface area contributed by atoms with Crippen LogP contribution in [0.3, 0.4) is 0 Å². The monoisotopic (exact) mass is 214 g/mol. The van der Waals surface area contributed by atoms with Crippen molar-refractivity contribution in [3.8, 4) is 0 Å². The quantitative estimate of drug-likeness (QED) is 0.534. The molecule has 0 nitrogen and oxygen atoms in total. The van der Waals surface area contributed by atoms with Crippen LogP contribution < -0.4 is 0 Å². The number of hydrogen-bond donors (Lipinski definition) is 0. The molecule has 1 heteroatoms. The largest absolute Gasteiger partial charge is 0.103 e. The highest BCUT2D eigenvalue weighted by Crippen LogP contribution is 2.36. The van der Waals surface area contributed by atoms with Crippen molar-refractivity contribution in [1.82, 2.24) is 0 Å². The minimum atomic E-state index is 0. The van der Waals surface area contributed by atoms with E-state index < -0.39 is 0 Å². The van der Waals surface area contributed by atoms with Gasteiger partial charge in [0.15, 0.2) is 0 Å². The van der Waals surface area contributed by atoms with E-state index in [1.54, 1.807) is 0 Å². The Hall–Kier alpha value is -0.975. The van der Waals surface area contributed by atoms with Crippen LogP contribution in [0.4, 0.5) is 0 Å². The van der Waals surface area contributed by atoms with Crippen LogP contribution in [0, 0.1) is 5.92 Å². The third-order valence-electron chi connectivity index (χ3n) is 3.62. The standard InChI is InChI=1S/C15H20.BH3/c1-2-6-13-9-11-15(12-10-13)14-7-4-3-5-8-14;/h2-5,7-8,13,15H,1,6,9-12H2;1H3/t13-,15-;. The van der Waals surface area contributed by atoms with Crippen molar-refractivity contribution in [3.05, 3.63) is 48.6 Å². The molecule has 0 bridgehead atoms. The summed E-state index contributed by atoms with van der Waals surface area (Å²) in [5.41, 5.74) is 1.54. The van der Waals surface area contributed by atoms with Crippen molar-refractivity contribution in [3.63, 3.8) is 0 Å². The first-order valence-corrected chi connectivity index (χ1v) is 6.06. The molecule has 0 aromatic heterocycles. The summed E-state index contributed by atoms with van der Waals surface area (Å²) in [7, 11) is 0. The Morgan fingerprint density at radius 2 is 1.69 bits per heavy atom. The third-order valence-corrected chi connectivity index (χ3v) is 3.62. The van der Waals surface area contributed by atoms with Crippen LogP contribution in [0.25, 0.3) is 0 Å². The van der Waals surface area contributed by atoms with Crippen molar-refractivity contribution in [2.75, 3.05) is 0 Å². The molecule has 0 atom stereocenters. The van der Waals surface area contributed by atoms with Gasteiger partial charge in [-0.05, 0) is 49.5 Å². The van der Waals surface area contributed by atoms with E-state index >= 15 is 0 Å². The Morgan fingerprint density at radius 1 is 1.06 bits per heavy atom. The SMILES string of the molecule is B.C=CC[C@H]1CC[C@H](c2ccccc2)CC1. The molecular formula is C15H23B. The Kier molecular flexibility index (Phi) is 5.38. The van der Waals surface area contributed by atoms with Gasteiger partial charge in [0, 0.05) is 0 Å². The second kappa shape index (κ2) is 6.57. The molecule has 1 fully saturated rings. The van der Waals surface area contributed by atoms with Crippen molar-refractivity contribution in [1.29, 1.82) is 0 Å². The van der Waals surface area contributed by atoms with Crippen LogP contribution in [0.2, 0.25) is 0 Å². The van der Waals surface area contributed by atoms with Gasteiger partial charge < -0.3 is 0 Å². The zero-order valence-corrected chi connectivity index (χ0v) is 9.36. The summed E-state index contributed by atoms with van der Waals surface area (Å²) < 4.78 is 0. The van der Waals surface area contributed by atoms with Gasteiger partial charge in [-0.25, -0.2) is 0 Å². The molecule has 0 saturated heterocycles. The molecule has 0 spiro atoms. The second-order valence-electron chi connectivity index (χ2n) is 4.65. The maximum Gasteiger partial charge on any atom is 0.0814 e. The van der Waals surface area contributed by atoms with Gasteiger partial charge in [0.25, 0.3) is 0 Å². The van der Waals surface area contributed by atoms with E-state index in [4.69, 9.17) is 0 Å². The summed E-state index contributed by atoms with van der Waals surface area (Å²) in [5, 5.41) is 0. The number of rotatable bonds is 3. The van der Waals surface area contributed by atoms with Gasteiger partial charge in [-0.15, -0.1) is 6.58 Å². The molecule has 0 aliphatic heterocycles. The highest BCUT2D eigenvalue weighted by molar-refractivity contribution is 5.75. The molecule has 0 radical (unpaired) electrons. The van der Waals surface area contributed by atoms with Crippen LogP contribution >= 0.6 is 0 Å². The van der Waals surface area contributed by atoms with Gasteiger partial charge in [0.1, 0.15) is 0 Å². The topological polar surface area (TPSA) is 0 Å². The second-order valence-corrected chi connectivity index (χ2v) is 4.65. The smallest absolute Gasteiger partial charge is 0.0814 e. The fourth-order valence-electron chi connectivity index (χ4n) is 2.69. The van der Waals surface area contributed by atoms with Gasteiger partial charge >= 0.3 is 0 Å². The zero-order chi connectivity index (χ0) is 10.5. The predicted octanol–water partition coefficient (Wildman–Crippen LogP) is 3.35. The normalized spacial score (nSPS) is 24.5. The average Bonchev–Trinajstić information content (AvgIpc) is 2.32. The van der Waals surface area contributed by atoms with Gasteiger partial charge in [0.2, 0.25) is 0 Å². The summed E-state index contributed by atoms with van der Waals surface area (Å²) in [6, 6.07) is 11.0. The molecule has 1 aliphatic rings. The maximum atomic E-state index is 3.83. The molecule has 0 heterocycles. The fraction of sp³-hybridized carbons (Fsp3) is 0.467. The van der Waals surface area contributed by atoms with Crippen LogP contribution in [0.1, 0.15) is 43.6 Å². The summed E-state index contributed by atoms with van der Waals surface area (Å²) in [6.07, 6.45) is 8.78. The molecule has 16 heavy (non-hydrogen) atoms. The fourth-order valence-corrected chi connectivity index (χ4v) is 2.69. The molecule has 1 saturated carbocycles. The third kappa shape index (κ3) is 3.26. The lowest BCUT2D eigenvalue weighted by molar-refractivity contribution is 0.328. The van der Waals surface area contributed by atoms with E-state index in [0.29, 0.717) is 0 Å². The minimum absolute atomic E-state index is 0. The molecule has 1 aromatic rings. The van der Waals surface area contributed by atoms with Crippen molar-refractivity contribution >= 4 is 8.41 Å². The number of allylic oxidation sites excluding steroid dienone is 1. The van der Waals surface area contributed by atoms with E-state index in [2.05, 4.69) is 43.0 Å². The summed E-state index contributed by atoms with van der Waals surface area (Å²) in [5.74, 6) is 1.72. The first-order chi connectivity index (χ1) is 7.40. The Balaban J connectivity index is 0.00000128. The van der Waals surface area contributed by atoms with E-state index in [-0.39, 0.29) is 8.41 Å². The molecule has 1 aliphatic carbocycles. The van der Waals surface area contributed by atoms with Crippen LogP contribution in [0.5, 0.6) is 0 Å². The van der Waals surface area contributed by atoms with Gasteiger partial charge in [-0.1, -0.05) is 36.4 Å². The van der Waals surface area contributed by atoms with Gasteiger partial charge in [-0.3, -0.25) is 0 Å². The van der Waals surface area contributed by atoms with Crippen LogP contribution in [-0.4, -0.2) is 8.41 Å². The van der Waals surface area contributed by atoms with Crippen LogP contribution in [0.15, 0.2) is 43.0 Å². The molecule has 0 amide bonds. The van der Waals surface area contributed by atoms with Crippen molar-refractivity contribution in [2.24, 2.45) is 5.92 Å². The molecule has 2 rings (SSSR count). The highest BCUT2D eigenvalue weighted by Gasteiger charge is 2.20. The summed E-state index contributed by atoms with van der Waals surface area (Å²) >= 11 is 0. The predicted molar refractivity (Wildman–Crippen MR) is 75.9 cm³/mol. The Bertz CT molecular complexity index is 296. The molecule has 0 unspecified atom stereocenters. The molecule has 86 valence electrons. The average molecular weight is 214 g/mol. The summed E-state index contributed by atoms with van der Waals surface area (Å²) in [6.45, 7) is 3.83. The van der Waals surface area contributed by atoms with E-state index in [0.717, 1.165) is 11.8 Å². The first-order valence-electron chi connectivity index (χ1n) is 6.06. The first kappa shape index (κ1) is 13.1. The lowest BCUT2D eigenvalue weighted by Crippen LogP contribution is -2.12. The van der Waals surface area contributed by atoms with Crippen molar-refractivity contribution < 1.29 is 0 Å². The molecular weight excluding hydrogens is 191 g/mol. The lowest BCUT2D eigenvalue weighted by Gasteiger charge is -2.28. The highest BCUT2D eigenvalue weighted by atomic mass is 14.3. The Morgan fingerprint density at radius 3 is 2.25 bits per heavy atom. The zero-order valence-electron chi connectivity index (χ0n) is 9.36. The maximum absolute atomic E-state index is 3.83. The number of hydrogen-bond acceptors (Lipinski definition) is 0. The van der Waals surface area contributed by atoms with Gasteiger partial charge in [0.05, 0.1) is 8.41 Å². The van der Waals surface area contributed by atoms with Crippen LogP contribution in [-0.2, 0) is 0 Å².